The van der Waals surface area contributed by atoms with Crippen molar-refractivity contribution >= 4 is 11.9 Å². The first-order valence-corrected chi connectivity index (χ1v) is 8.64. The molecule has 1 aliphatic carbocycles. The molecular weight excluding hydrogens is 318 g/mol. The summed E-state index contributed by atoms with van der Waals surface area (Å²) < 4.78 is 5.27. The maximum Gasteiger partial charge on any atom is 0.311 e. The van der Waals surface area contributed by atoms with Crippen LogP contribution in [0.3, 0.4) is 0 Å². The SMILES string of the molecule is Cc1coc(CC(=O)O)c1C(=O)NCC1(c2ccccc2)CCCC1. The molecule has 3 rings (SSSR count). The lowest BCUT2D eigenvalue weighted by Gasteiger charge is -2.30. The first-order valence-electron chi connectivity index (χ1n) is 8.64. The lowest BCUT2D eigenvalue weighted by molar-refractivity contribution is -0.136. The van der Waals surface area contributed by atoms with Gasteiger partial charge in [0.05, 0.1) is 11.8 Å². The van der Waals surface area contributed by atoms with Gasteiger partial charge in [-0.2, -0.15) is 0 Å². The summed E-state index contributed by atoms with van der Waals surface area (Å²) >= 11 is 0. The van der Waals surface area contributed by atoms with Crippen LogP contribution in [0.4, 0.5) is 0 Å². The van der Waals surface area contributed by atoms with Crippen LogP contribution in [0, 0.1) is 6.92 Å². The number of furan rings is 1. The quantitative estimate of drug-likeness (QED) is 0.843. The van der Waals surface area contributed by atoms with Crippen LogP contribution in [-0.2, 0) is 16.6 Å². The van der Waals surface area contributed by atoms with Crippen LogP contribution < -0.4 is 5.32 Å². The first-order chi connectivity index (χ1) is 12.0. The highest BCUT2D eigenvalue weighted by Crippen LogP contribution is 2.40. The third kappa shape index (κ3) is 3.60. The topological polar surface area (TPSA) is 79.5 Å². The number of amides is 1. The monoisotopic (exact) mass is 341 g/mol. The van der Waals surface area contributed by atoms with E-state index in [1.54, 1.807) is 6.92 Å². The number of carboxylic acids is 1. The van der Waals surface area contributed by atoms with E-state index in [-0.39, 0.29) is 23.5 Å². The Balaban J connectivity index is 1.77. The van der Waals surface area contributed by atoms with Gasteiger partial charge in [0, 0.05) is 17.5 Å². The molecule has 0 atom stereocenters. The Kier molecular flexibility index (Phi) is 4.93. The van der Waals surface area contributed by atoms with Crippen LogP contribution >= 0.6 is 0 Å². The molecule has 1 aliphatic rings. The Morgan fingerprint density at radius 3 is 2.52 bits per heavy atom. The maximum atomic E-state index is 12.7. The molecule has 0 unspecified atom stereocenters. The number of hydrogen-bond acceptors (Lipinski definition) is 3. The Labute approximate surface area is 147 Å². The van der Waals surface area contributed by atoms with Crippen molar-refractivity contribution in [2.45, 2.75) is 44.4 Å². The van der Waals surface area contributed by atoms with Gasteiger partial charge in [0.2, 0.25) is 0 Å². The molecule has 5 nitrogen and oxygen atoms in total. The second-order valence-electron chi connectivity index (χ2n) is 6.82. The molecule has 1 saturated carbocycles. The van der Waals surface area contributed by atoms with E-state index in [9.17, 15) is 9.59 Å². The van der Waals surface area contributed by atoms with Gasteiger partial charge in [0.1, 0.15) is 12.2 Å². The second-order valence-corrected chi connectivity index (χ2v) is 6.82. The minimum Gasteiger partial charge on any atom is -0.481 e. The summed E-state index contributed by atoms with van der Waals surface area (Å²) in [6.45, 7) is 2.30. The summed E-state index contributed by atoms with van der Waals surface area (Å²) in [5.41, 5.74) is 2.22. The largest absolute Gasteiger partial charge is 0.481 e. The molecular formula is C20H23NO4. The molecule has 0 bridgehead atoms. The summed E-state index contributed by atoms with van der Waals surface area (Å²) in [5.74, 6) is -1.06. The van der Waals surface area contributed by atoms with Crippen molar-refractivity contribution in [3.05, 3.63) is 59.0 Å². The lowest BCUT2D eigenvalue weighted by Crippen LogP contribution is -2.39. The number of benzene rings is 1. The molecule has 1 aromatic heterocycles. The van der Waals surface area contributed by atoms with Crippen molar-refractivity contribution in [2.24, 2.45) is 0 Å². The van der Waals surface area contributed by atoms with E-state index in [0.29, 0.717) is 17.7 Å². The highest BCUT2D eigenvalue weighted by molar-refractivity contribution is 5.97. The Hall–Kier alpha value is -2.56. The zero-order valence-corrected chi connectivity index (χ0v) is 14.4. The molecule has 0 spiro atoms. The van der Waals surface area contributed by atoms with E-state index < -0.39 is 5.97 Å². The van der Waals surface area contributed by atoms with Crippen LogP contribution in [0.25, 0.3) is 0 Å². The summed E-state index contributed by atoms with van der Waals surface area (Å²) in [5, 5.41) is 12.0. The van der Waals surface area contributed by atoms with Crippen LogP contribution in [-0.4, -0.2) is 23.5 Å². The molecule has 2 N–H and O–H groups in total. The number of hydrogen-bond donors (Lipinski definition) is 2. The summed E-state index contributed by atoms with van der Waals surface area (Å²) in [6.07, 6.45) is 5.54. The molecule has 1 fully saturated rings. The molecule has 2 aromatic rings. The fourth-order valence-corrected chi connectivity index (χ4v) is 3.82. The number of carbonyl (C=O) groups is 2. The van der Waals surface area contributed by atoms with Crippen molar-refractivity contribution in [3.63, 3.8) is 0 Å². The standard InChI is InChI=1S/C20H23NO4/c1-14-12-25-16(11-17(22)23)18(14)19(24)21-13-20(9-5-6-10-20)15-7-3-2-4-8-15/h2-4,7-8,12H,5-6,9-11,13H2,1H3,(H,21,24)(H,22,23). The van der Waals surface area contributed by atoms with Gasteiger partial charge in [-0.05, 0) is 25.3 Å². The smallest absolute Gasteiger partial charge is 0.311 e. The fourth-order valence-electron chi connectivity index (χ4n) is 3.82. The van der Waals surface area contributed by atoms with Crippen LogP contribution in [0.1, 0.15) is 52.9 Å². The zero-order valence-electron chi connectivity index (χ0n) is 14.4. The Bertz CT molecular complexity index is 757. The number of carbonyl (C=O) groups excluding carboxylic acids is 1. The number of aliphatic carboxylic acids is 1. The minimum atomic E-state index is -1.01. The van der Waals surface area contributed by atoms with Crippen molar-refractivity contribution in [1.82, 2.24) is 5.32 Å². The molecule has 1 aromatic carbocycles. The third-order valence-electron chi connectivity index (χ3n) is 5.12. The van der Waals surface area contributed by atoms with Gasteiger partial charge >= 0.3 is 5.97 Å². The molecule has 1 heterocycles. The van der Waals surface area contributed by atoms with E-state index >= 15 is 0 Å². The predicted octanol–water partition coefficient (Wildman–Crippen LogP) is 3.46. The number of aryl methyl sites for hydroxylation is 1. The van der Waals surface area contributed by atoms with Crippen LogP contribution in [0.5, 0.6) is 0 Å². The highest BCUT2D eigenvalue weighted by atomic mass is 16.4. The van der Waals surface area contributed by atoms with E-state index in [0.717, 1.165) is 25.7 Å². The highest BCUT2D eigenvalue weighted by Gasteiger charge is 2.36. The summed E-state index contributed by atoms with van der Waals surface area (Å²) in [7, 11) is 0. The van der Waals surface area contributed by atoms with E-state index in [1.165, 1.54) is 11.8 Å². The Morgan fingerprint density at radius 2 is 1.88 bits per heavy atom. The molecule has 5 heteroatoms. The van der Waals surface area contributed by atoms with Gasteiger partial charge in [-0.3, -0.25) is 9.59 Å². The molecule has 1 amide bonds. The second kappa shape index (κ2) is 7.13. The summed E-state index contributed by atoms with van der Waals surface area (Å²) in [6, 6.07) is 10.3. The average molecular weight is 341 g/mol. The zero-order chi connectivity index (χ0) is 17.9. The molecule has 0 aliphatic heterocycles. The number of carboxylic acid groups (broad SMARTS) is 1. The maximum absolute atomic E-state index is 12.7. The minimum absolute atomic E-state index is 0.0402. The van der Waals surface area contributed by atoms with Crippen molar-refractivity contribution in [1.29, 1.82) is 0 Å². The Morgan fingerprint density at radius 1 is 1.20 bits per heavy atom. The molecule has 132 valence electrons. The fraction of sp³-hybridized carbons (Fsp3) is 0.400. The number of nitrogens with one attached hydrogen (secondary N) is 1. The lowest BCUT2D eigenvalue weighted by atomic mass is 9.79. The van der Waals surface area contributed by atoms with E-state index in [4.69, 9.17) is 9.52 Å². The van der Waals surface area contributed by atoms with Gasteiger partial charge in [0.25, 0.3) is 5.91 Å². The molecule has 25 heavy (non-hydrogen) atoms. The molecule has 0 saturated heterocycles. The molecule has 0 radical (unpaired) electrons. The first kappa shape index (κ1) is 17.3. The van der Waals surface area contributed by atoms with E-state index in [2.05, 4.69) is 17.4 Å². The number of rotatable bonds is 6. The van der Waals surface area contributed by atoms with E-state index in [1.807, 2.05) is 18.2 Å². The average Bonchev–Trinajstić information content (AvgIpc) is 3.21. The normalized spacial score (nSPS) is 15.9. The van der Waals surface area contributed by atoms with Gasteiger partial charge in [-0.1, -0.05) is 43.2 Å². The van der Waals surface area contributed by atoms with Gasteiger partial charge in [-0.15, -0.1) is 0 Å². The third-order valence-corrected chi connectivity index (χ3v) is 5.12. The van der Waals surface area contributed by atoms with Crippen LogP contribution in [0.2, 0.25) is 0 Å². The van der Waals surface area contributed by atoms with Crippen molar-refractivity contribution in [3.8, 4) is 0 Å². The van der Waals surface area contributed by atoms with Gasteiger partial charge < -0.3 is 14.8 Å². The van der Waals surface area contributed by atoms with Crippen LogP contribution in [0.15, 0.2) is 41.0 Å². The van der Waals surface area contributed by atoms with Crippen molar-refractivity contribution in [2.75, 3.05) is 6.54 Å². The summed E-state index contributed by atoms with van der Waals surface area (Å²) in [4.78, 5) is 23.7. The van der Waals surface area contributed by atoms with Gasteiger partial charge in [0.15, 0.2) is 0 Å². The van der Waals surface area contributed by atoms with Gasteiger partial charge in [-0.25, -0.2) is 0 Å². The predicted molar refractivity (Wildman–Crippen MR) is 93.7 cm³/mol. The van der Waals surface area contributed by atoms with Crippen molar-refractivity contribution < 1.29 is 19.1 Å².